The Labute approximate surface area is 126 Å². The maximum Gasteiger partial charge on any atom is 0.280 e. The van der Waals surface area contributed by atoms with E-state index in [1.807, 2.05) is 6.92 Å². The standard InChI is InChI=1S/C13H19N5O4/c1-3-4-6-9(21-2)8(19)12(22-6)18-5-15-7-10(18)16-13(14)17-11(7)20/h5-6,8-9,12,19H,3-4H2,1-2H3,(H3,14,16,17,20)/t6-,8+,9?,12-/m1/s1. The van der Waals surface area contributed by atoms with E-state index in [1.165, 1.54) is 18.0 Å². The summed E-state index contributed by atoms with van der Waals surface area (Å²) in [6.45, 7) is 2.03. The topological polar surface area (TPSA) is 128 Å². The molecule has 2 aromatic rings. The highest BCUT2D eigenvalue weighted by molar-refractivity contribution is 5.70. The van der Waals surface area contributed by atoms with Crippen molar-refractivity contribution in [3.8, 4) is 0 Å². The van der Waals surface area contributed by atoms with Crippen molar-refractivity contribution < 1.29 is 14.6 Å². The monoisotopic (exact) mass is 309 g/mol. The molecule has 1 aliphatic heterocycles. The highest BCUT2D eigenvalue weighted by Crippen LogP contribution is 2.34. The largest absolute Gasteiger partial charge is 0.386 e. The van der Waals surface area contributed by atoms with Crippen LogP contribution in [0.2, 0.25) is 0 Å². The molecule has 9 nitrogen and oxygen atoms in total. The van der Waals surface area contributed by atoms with Crippen molar-refractivity contribution in [3.63, 3.8) is 0 Å². The number of hydrogen-bond acceptors (Lipinski definition) is 7. The second kappa shape index (κ2) is 5.67. The maximum absolute atomic E-state index is 11.8. The van der Waals surface area contributed by atoms with Crippen molar-refractivity contribution in [1.82, 2.24) is 19.5 Å². The number of nitrogen functional groups attached to an aromatic ring is 1. The summed E-state index contributed by atoms with van der Waals surface area (Å²) in [5.74, 6) is -0.0138. The predicted molar refractivity (Wildman–Crippen MR) is 78.2 cm³/mol. The Bertz CT molecular complexity index is 727. The molecule has 1 unspecified atom stereocenters. The highest BCUT2D eigenvalue weighted by atomic mass is 16.6. The average molecular weight is 309 g/mol. The van der Waals surface area contributed by atoms with E-state index in [1.54, 1.807) is 0 Å². The predicted octanol–water partition coefficient (Wildman–Crippen LogP) is -0.225. The van der Waals surface area contributed by atoms with Crippen LogP contribution in [-0.4, -0.2) is 50.0 Å². The number of aromatic nitrogens is 4. The summed E-state index contributed by atoms with van der Waals surface area (Å²) in [4.78, 5) is 22.3. The van der Waals surface area contributed by atoms with Crippen LogP contribution in [0.3, 0.4) is 0 Å². The first-order chi connectivity index (χ1) is 10.6. The van der Waals surface area contributed by atoms with Crippen molar-refractivity contribution in [2.45, 2.75) is 44.3 Å². The van der Waals surface area contributed by atoms with E-state index < -0.39 is 24.0 Å². The molecule has 0 radical (unpaired) electrons. The van der Waals surface area contributed by atoms with Gasteiger partial charge in [-0.1, -0.05) is 13.3 Å². The average Bonchev–Trinajstić information content (AvgIpc) is 3.01. The Morgan fingerprint density at radius 3 is 3.05 bits per heavy atom. The third kappa shape index (κ3) is 2.27. The summed E-state index contributed by atoms with van der Waals surface area (Å²) < 4.78 is 12.8. The van der Waals surface area contributed by atoms with Gasteiger partial charge < -0.3 is 20.3 Å². The first-order valence-electron chi connectivity index (χ1n) is 7.15. The Hall–Kier alpha value is -1.97. The van der Waals surface area contributed by atoms with Gasteiger partial charge in [0.25, 0.3) is 5.56 Å². The zero-order chi connectivity index (χ0) is 15.9. The zero-order valence-electron chi connectivity index (χ0n) is 12.4. The van der Waals surface area contributed by atoms with Gasteiger partial charge in [0, 0.05) is 7.11 Å². The van der Waals surface area contributed by atoms with Crippen molar-refractivity contribution >= 4 is 17.1 Å². The number of aliphatic hydroxyl groups is 1. The third-order valence-electron chi connectivity index (χ3n) is 3.88. The van der Waals surface area contributed by atoms with Gasteiger partial charge >= 0.3 is 0 Å². The van der Waals surface area contributed by atoms with Gasteiger partial charge in [-0.2, -0.15) is 4.98 Å². The molecule has 4 atom stereocenters. The molecule has 3 heterocycles. The van der Waals surface area contributed by atoms with Crippen LogP contribution in [0.4, 0.5) is 5.95 Å². The molecule has 0 aliphatic carbocycles. The van der Waals surface area contributed by atoms with Gasteiger partial charge in [0.1, 0.15) is 12.2 Å². The first-order valence-corrected chi connectivity index (χ1v) is 7.15. The minimum absolute atomic E-state index is 0.0138. The van der Waals surface area contributed by atoms with E-state index in [9.17, 15) is 9.90 Å². The van der Waals surface area contributed by atoms with Crippen LogP contribution in [0.1, 0.15) is 26.0 Å². The normalized spacial score (nSPS) is 28.5. The molecule has 22 heavy (non-hydrogen) atoms. The van der Waals surface area contributed by atoms with Crippen LogP contribution < -0.4 is 11.3 Å². The number of nitrogens with one attached hydrogen (secondary N) is 1. The number of hydrogen-bond donors (Lipinski definition) is 3. The molecule has 0 bridgehead atoms. The van der Waals surface area contributed by atoms with Crippen molar-refractivity contribution in [1.29, 1.82) is 0 Å². The molecule has 1 saturated heterocycles. The summed E-state index contributed by atoms with van der Waals surface area (Å²) in [6, 6.07) is 0. The Morgan fingerprint density at radius 2 is 2.36 bits per heavy atom. The van der Waals surface area contributed by atoms with Gasteiger partial charge in [-0.3, -0.25) is 14.3 Å². The lowest BCUT2D eigenvalue weighted by molar-refractivity contribution is -0.0372. The SMILES string of the molecule is CCC[C@H]1O[C@@H](n2cnc3c(=O)[nH]c(N)nc32)[C@@H](O)C1OC. The first kappa shape index (κ1) is 14.9. The number of anilines is 1. The molecule has 0 aromatic carbocycles. The number of aliphatic hydroxyl groups excluding tert-OH is 1. The molecule has 1 fully saturated rings. The lowest BCUT2D eigenvalue weighted by Crippen LogP contribution is -2.33. The molecule has 1 aliphatic rings. The van der Waals surface area contributed by atoms with E-state index in [2.05, 4.69) is 15.0 Å². The van der Waals surface area contributed by atoms with Crippen LogP contribution in [0, 0.1) is 0 Å². The number of H-pyrrole nitrogens is 1. The van der Waals surface area contributed by atoms with Crippen LogP contribution in [0.5, 0.6) is 0 Å². The molecule has 0 amide bonds. The second-order valence-corrected chi connectivity index (χ2v) is 5.32. The lowest BCUT2D eigenvalue weighted by Gasteiger charge is -2.18. The molecular weight excluding hydrogens is 290 g/mol. The number of imidazole rings is 1. The summed E-state index contributed by atoms with van der Waals surface area (Å²) in [5, 5.41) is 10.5. The molecule has 3 rings (SSSR count). The smallest absolute Gasteiger partial charge is 0.280 e. The van der Waals surface area contributed by atoms with E-state index in [4.69, 9.17) is 15.2 Å². The second-order valence-electron chi connectivity index (χ2n) is 5.32. The number of fused-ring (bicyclic) bond motifs is 1. The molecule has 4 N–H and O–H groups in total. The quantitative estimate of drug-likeness (QED) is 0.712. The highest BCUT2D eigenvalue weighted by Gasteiger charge is 2.45. The van der Waals surface area contributed by atoms with Crippen molar-refractivity contribution in [3.05, 3.63) is 16.7 Å². The molecule has 0 saturated carbocycles. The summed E-state index contributed by atoms with van der Waals surface area (Å²) >= 11 is 0. The molecule has 9 heteroatoms. The van der Waals surface area contributed by atoms with Gasteiger partial charge in [0.2, 0.25) is 5.95 Å². The zero-order valence-corrected chi connectivity index (χ0v) is 12.4. The van der Waals surface area contributed by atoms with E-state index in [0.29, 0.717) is 0 Å². The van der Waals surface area contributed by atoms with Crippen LogP contribution in [-0.2, 0) is 9.47 Å². The Balaban J connectivity index is 2.02. The number of rotatable bonds is 4. The van der Waals surface area contributed by atoms with Crippen LogP contribution in [0.25, 0.3) is 11.2 Å². The molecule has 0 spiro atoms. The fraction of sp³-hybridized carbons (Fsp3) is 0.615. The van der Waals surface area contributed by atoms with Gasteiger partial charge in [-0.05, 0) is 6.42 Å². The van der Waals surface area contributed by atoms with Crippen LogP contribution in [0.15, 0.2) is 11.1 Å². The Kier molecular flexibility index (Phi) is 3.85. The van der Waals surface area contributed by atoms with E-state index in [0.717, 1.165) is 12.8 Å². The number of nitrogens with two attached hydrogens (primary N) is 1. The van der Waals surface area contributed by atoms with Gasteiger partial charge in [0.05, 0.1) is 12.4 Å². The fourth-order valence-corrected chi connectivity index (χ4v) is 2.89. The van der Waals surface area contributed by atoms with Gasteiger partial charge in [-0.15, -0.1) is 0 Å². The third-order valence-corrected chi connectivity index (χ3v) is 3.88. The van der Waals surface area contributed by atoms with Gasteiger partial charge in [0.15, 0.2) is 17.4 Å². The molecular formula is C13H19N5O4. The number of methoxy groups -OCH3 is 1. The number of aromatic amines is 1. The van der Waals surface area contributed by atoms with Crippen LogP contribution >= 0.6 is 0 Å². The fourth-order valence-electron chi connectivity index (χ4n) is 2.89. The summed E-state index contributed by atoms with van der Waals surface area (Å²) in [6.07, 6.45) is 0.797. The van der Waals surface area contributed by atoms with Crippen molar-refractivity contribution in [2.24, 2.45) is 0 Å². The lowest BCUT2D eigenvalue weighted by atomic mass is 10.1. The Morgan fingerprint density at radius 1 is 1.59 bits per heavy atom. The number of nitrogens with zero attached hydrogens (tertiary/aromatic N) is 3. The summed E-state index contributed by atoms with van der Waals surface area (Å²) in [7, 11) is 1.54. The van der Waals surface area contributed by atoms with E-state index >= 15 is 0 Å². The molecule has 120 valence electrons. The summed E-state index contributed by atoms with van der Waals surface area (Å²) in [5.41, 5.74) is 5.58. The molecule has 2 aromatic heterocycles. The van der Waals surface area contributed by atoms with Gasteiger partial charge in [-0.25, -0.2) is 4.98 Å². The number of ether oxygens (including phenoxy) is 2. The van der Waals surface area contributed by atoms with E-state index in [-0.39, 0.29) is 23.2 Å². The minimum Gasteiger partial charge on any atom is -0.386 e. The minimum atomic E-state index is -0.888. The maximum atomic E-state index is 11.8. The van der Waals surface area contributed by atoms with Crippen molar-refractivity contribution in [2.75, 3.05) is 12.8 Å².